The summed E-state index contributed by atoms with van der Waals surface area (Å²) in [5.41, 5.74) is 8.07. The number of nitrogen functional groups attached to an aromatic ring is 1. The van der Waals surface area contributed by atoms with Crippen LogP contribution in [0.3, 0.4) is 0 Å². The summed E-state index contributed by atoms with van der Waals surface area (Å²) in [4.78, 5) is 0.168. The Balaban J connectivity index is 2.48. The van der Waals surface area contributed by atoms with Crippen LogP contribution >= 0.6 is 27.5 Å². The highest BCUT2D eigenvalue weighted by Gasteiger charge is 2.19. The van der Waals surface area contributed by atoms with Gasteiger partial charge in [0.25, 0.3) is 10.0 Å². The predicted octanol–water partition coefficient (Wildman–Crippen LogP) is 4.10. The van der Waals surface area contributed by atoms with Crippen molar-refractivity contribution in [2.24, 2.45) is 0 Å². The Labute approximate surface area is 137 Å². The van der Waals surface area contributed by atoms with Crippen LogP contribution in [-0.2, 0) is 10.0 Å². The molecule has 0 bridgehead atoms. The molecule has 4 nitrogen and oxygen atoms in total. The Bertz CT molecular complexity index is 807. The number of hydrogen-bond donors (Lipinski definition) is 2. The lowest BCUT2D eigenvalue weighted by Crippen LogP contribution is -2.15. The molecule has 2 rings (SSSR count). The zero-order valence-electron chi connectivity index (χ0n) is 11.4. The molecule has 0 spiro atoms. The lowest BCUT2D eigenvalue weighted by atomic mass is 10.1. The van der Waals surface area contributed by atoms with Crippen molar-refractivity contribution in [2.75, 3.05) is 10.5 Å². The van der Waals surface area contributed by atoms with E-state index in [9.17, 15) is 8.42 Å². The molecule has 112 valence electrons. The van der Waals surface area contributed by atoms with Gasteiger partial charge < -0.3 is 5.73 Å². The topological polar surface area (TPSA) is 72.2 Å². The maximum Gasteiger partial charge on any atom is 0.262 e. The fraction of sp³-hybridized carbons (Fsp3) is 0.143. The number of aryl methyl sites for hydroxylation is 1. The normalized spacial score (nSPS) is 11.4. The van der Waals surface area contributed by atoms with Crippen LogP contribution < -0.4 is 10.5 Å². The average Bonchev–Trinajstić information content (AvgIpc) is 2.37. The minimum Gasteiger partial charge on any atom is -0.399 e. The highest BCUT2D eigenvalue weighted by molar-refractivity contribution is 9.10. The lowest BCUT2D eigenvalue weighted by molar-refractivity contribution is 0.600. The minimum atomic E-state index is -3.73. The van der Waals surface area contributed by atoms with Crippen molar-refractivity contribution < 1.29 is 8.42 Å². The Kier molecular flexibility index (Phi) is 4.51. The molecule has 0 aliphatic carbocycles. The van der Waals surface area contributed by atoms with Crippen molar-refractivity contribution in [1.82, 2.24) is 0 Å². The van der Waals surface area contributed by atoms with Crippen LogP contribution in [0, 0.1) is 13.8 Å². The van der Waals surface area contributed by atoms with Gasteiger partial charge in [-0.3, -0.25) is 4.72 Å². The lowest BCUT2D eigenvalue weighted by Gasteiger charge is -2.14. The van der Waals surface area contributed by atoms with Gasteiger partial charge >= 0.3 is 0 Å². The third-order valence-corrected chi connectivity index (χ3v) is 5.49. The van der Waals surface area contributed by atoms with E-state index in [2.05, 4.69) is 20.7 Å². The number of rotatable bonds is 3. The monoisotopic (exact) mass is 388 g/mol. The molecule has 0 atom stereocenters. The molecule has 0 amide bonds. The van der Waals surface area contributed by atoms with Gasteiger partial charge in [0.2, 0.25) is 0 Å². The number of hydrogen-bond acceptors (Lipinski definition) is 3. The van der Waals surface area contributed by atoms with Crippen molar-refractivity contribution in [3.8, 4) is 0 Å². The molecule has 2 aromatic rings. The largest absolute Gasteiger partial charge is 0.399 e. The number of sulfonamides is 1. The third kappa shape index (κ3) is 3.51. The van der Waals surface area contributed by atoms with Crippen molar-refractivity contribution in [2.45, 2.75) is 18.7 Å². The van der Waals surface area contributed by atoms with E-state index in [0.717, 1.165) is 5.56 Å². The van der Waals surface area contributed by atoms with E-state index in [4.69, 9.17) is 17.3 Å². The standard InChI is InChI=1S/C14H14BrClN2O2S/c1-8-5-11(17)7-14(9(8)2)21(19,20)18-13-4-3-10(16)6-12(13)15/h3-7,18H,17H2,1-2H3. The zero-order chi connectivity index (χ0) is 15.8. The van der Waals surface area contributed by atoms with Crippen LogP contribution in [-0.4, -0.2) is 8.42 Å². The first-order valence-corrected chi connectivity index (χ1v) is 8.71. The molecule has 0 saturated carbocycles. The van der Waals surface area contributed by atoms with Gasteiger partial charge in [-0.05, 0) is 71.2 Å². The van der Waals surface area contributed by atoms with Crippen LogP contribution in [0.15, 0.2) is 39.7 Å². The molecule has 0 saturated heterocycles. The molecule has 7 heteroatoms. The molecular formula is C14H14BrClN2O2S. The molecule has 0 unspecified atom stereocenters. The smallest absolute Gasteiger partial charge is 0.262 e. The first kappa shape index (κ1) is 16.1. The maximum atomic E-state index is 12.5. The van der Waals surface area contributed by atoms with Crippen LogP contribution in [0.1, 0.15) is 11.1 Å². The first-order chi connectivity index (χ1) is 9.70. The van der Waals surface area contributed by atoms with Gasteiger partial charge in [-0.25, -0.2) is 8.42 Å². The molecule has 2 aromatic carbocycles. The first-order valence-electron chi connectivity index (χ1n) is 6.05. The van der Waals surface area contributed by atoms with Gasteiger partial charge in [-0.15, -0.1) is 0 Å². The fourth-order valence-electron chi connectivity index (χ4n) is 1.90. The van der Waals surface area contributed by atoms with Crippen LogP contribution in [0.4, 0.5) is 11.4 Å². The SMILES string of the molecule is Cc1cc(N)cc(S(=O)(=O)Nc2ccc(Cl)cc2Br)c1C. The molecule has 0 aliphatic heterocycles. The van der Waals surface area contributed by atoms with E-state index < -0.39 is 10.0 Å². The van der Waals surface area contributed by atoms with Crippen molar-refractivity contribution in [3.05, 3.63) is 51.0 Å². The van der Waals surface area contributed by atoms with Gasteiger partial charge in [0.1, 0.15) is 0 Å². The summed E-state index contributed by atoms with van der Waals surface area (Å²) in [6.45, 7) is 3.57. The summed E-state index contributed by atoms with van der Waals surface area (Å²) in [5.74, 6) is 0. The van der Waals surface area contributed by atoms with E-state index in [1.165, 1.54) is 6.07 Å². The Morgan fingerprint density at radius 2 is 1.86 bits per heavy atom. The number of nitrogens with two attached hydrogens (primary N) is 1. The Morgan fingerprint density at radius 1 is 1.19 bits per heavy atom. The second-order valence-electron chi connectivity index (χ2n) is 4.69. The minimum absolute atomic E-state index is 0.168. The van der Waals surface area contributed by atoms with Crippen molar-refractivity contribution in [3.63, 3.8) is 0 Å². The van der Waals surface area contributed by atoms with E-state index in [1.807, 2.05) is 6.92 Å². The number of halogens is 2. The summed E-state index contributed by atoms with van der Waals surface area (Å²) in [5, 5.41) is 0.515. The second kappa shape index (κ2) is 5.87. The molecule has 21 heavy (non-hydrogen) atoms. The molecule has 0 fully saturated rings. The Hall–Kier alpha value is -1.24. The van der Waals surface area contributed by atoms with Crippen LogP contribution in [0.2, 0.25) is 5.02 Å². The molecule has 0 radical (unpaired) electrons. The van der Waals surface area contributed by atoms with Crippen LogP contribution in [0.25, 0.3) is 0 Å². The zero-order valence-corrected chi connectivity index (χ0v) is 14.6. The van der Waals surface area contributed by atoms with Crippen molar-refractivity contribution in [1.29, 1.82) is 0 Å². The predicted molar refractivity (Wildman–Crippen MR) is 90.3 cm³/mol. The third-order valence-electron chi connectivity index (χ3n) is 3.11. The van der Waals surface area contributed by atoms with E-state index in [-0.39, 0.29) is 4.90 Å². The summed E-state index contributed by atoms with van der Waals surface area (Å²) in [7, 11) is -3.73. The molecule has 3 N–H and O–H groups in total. The highest BCUT2D eigenvalue weighted by atomic mass is 79.9. The number of anilines is 2. The van der Waals surface area contributed by atoms with Crippen LogP contribution in [0.5, 0.6) is 0 Å². The summed E-state index contributed by atoms with van der Waals surface area (Å²) in [6, 6.07) is 8.03. The van der Waals surface area contributed by atoms with Gasteiger partial charge in [0.15, 0.2) is 0 Å². The number of benzene rings is 2. The molecule has 0 aliphatic rings. The molecule has 0 heterocycles. The van der Waals surface area contributed by atoms with Gasteiger partial charge in [-0.1, -0.05) is 11.6 Å². The quantitative estimate of drug-likeness (QED) is 0.776. The summed E-state index contributed by atoms with van der Waals surface area (Å²) in [6.07, 6.45) is 0. The van der Waals surface area contributed by atoms with E-state index >= 15 is 0 Å². The number of nitrogens with one attached hydrogen (secondary N) is 1. The van der Waals surface area contributed by atoms with Crippen molar-refractivity contribution >= 4 is 48.9 Å². The Morgan fingerprint density at radius 3 is 2.48 bits per heavy atom. The van der Waals surface area contributed by atoms with Gasteiger partial charge in [0.05, 0.1) is 10.6 Å². The molecular weight excluding hydrogens is 376 g/mol. The second-order valence-corrected chi connectivity index (χ2v) is 7.63. The van der Waals surface area contributed by atoms with Gasteiger partial charge in [-0.2, -0.15) is 0 Å². The van der Waals surface area contributed by atoms with E-state index in [1.54, 1.807) is 31.2 Å². The highest BCUT2D eigenvalue weighted by Crippen LogP contribution is 2.30. The summed E-state index contributed by atoms with van der Waals surface area (Å²) >= 11 is 9.13. The average molecular weight is 390 g/mol. The molecule has 0 aromatic heterocycles. The maximum absolute atomic E-state index is 12.5. The fourth-order valence-corrected chi connectivity index (χ4v) is 4.25. The summed E-state index contributed by atoms with van der Waals surface area (Å²) < 4.78 is 28.2. The van der Waals surface area contributed by atoms with E-state index in [0.29, 0.717) is 26.4 Å². The van der Waals surface area contributed by atoms with Gasteiger partial charge in [0, 0.05) is 15.2 Å².